The Bertz CT molecular complexity index is 786. The fourth-order valence-corrected chi connectivity index (χ4v) is 2.82. The predicted molar refractivity (Wildman–Crippen MR) is 114 cm³/mol. The number of hydrogen-bond acceptors (Lipinski definition) is 4. The van der Waals surface area contributed by atoms with Crippen molar-refractivity contribution in [2.75, 3.05) is 32.1 Å². The molecule has 1 aliphatic carbocycles. The van der Waals surface area contributed by atoms with Gasteiger partial charge >= 0.3 is 0 Å². The van der Waals surface area contributed by atoms with Gasteiger partial charge in [0, 0.05) is 51.4 Å². The summed E-state index contributed by atoms with van der Waals surface area (Å²) in [6.45, 7) is 3.30. The molecular weight excluding hydrogens is 368 g/mol. The Hall–Kier alpha value is -2.87. The Morgan fingerprint density at radius 3 is 2.97 bits per heavy atom. The van der Waals surface area contributed by atoms with Crippen LogP contribution in [-0.2, 0) is 22.6 Å². The molecule has 1 amide bonds. The predicted octanol–water partition coefficient (Wildman–Crippen LogP) is 2.00. The van der Waals surface area contributed by atoms with E-state index in [0.29, 0.717) is 6.54 Å². The second-order valence-electron chi connectivity index (χ2n) is 7.18. The van der Waals surface area contributed by atoms with Gasteiger partial charge in [-0.25, -0.2) is 0 Å². The number of aromatic nitrogens is 2. The minimum Gasteiger partial charge on any atom is -0.381 e. The Morgan fingerprint density at radius 2 is 2.21 bits per heavy atom. The highest BCUT2D eigenvalue weighted by molar-refractivity contribution is 5.90. The zero-order chi connectivity index (χ0) is 20.3. The van der Waals surface area contributed by atoms with Crippen LogP contribution in [0.2, 0.25) is 0 Å². The van der Waals surface area contributed by atoms with E-state index in [4.69, 9.17) is 4.74 Å². The maximum absolute atomic E-state index is 12.1. The first-order chi connectivity index (χ1) is 14.2. The van der Waals surface area contributed by atoms with E-state index in [1.54, 1.807) is 30.2 Å². The zero-order valence-electron chi connectivity index (χ0n) is 16.9. The molecule has 29 heavy (non-hydrogen) atoms. The van der Waals surface area contributed by atoms with Crippen LogP contribution in [0, 0.1) is 5.92 Å². The lowest BCUT2D eigenvalue weighted by molar-refractivity contribution is -0.116. The first-order valence-electron chi connectivity index (χ1n) is 10.1. The molecule has 156 valence electrons. The van der Waals surface area contributed by atoms with Crippen LogP contribution in [0.3, 0.4) is 0 Å². The molecule has 0 aliphatic heterocycles. The van der Waals surface area contributed by atoms with Crippen molar-refractivity contribution in [1.29, 1.82) is 0 Å². The van der Waals surface area contributed by atoms with Crippen LogP contribution in [0.4, 0.5) is 5.69 Å². The van der Waals surface area contributed by atoms with Crippen LogP contribution < -0.4 is 16.0 Å². The number of aliphatic imine (C=N–C) groups is 1. The van der Waals surface area contributed by atoms with Crippen molar-refractivity contribution >= 4 is 17.6 Å². The Morgan fingerprint density at radius 1 is 1.31 bits per heavy atom. The lowest BCUT2D eigenvalue weighted by atomic mass is 10.2. The van der Waals surface area contributed by atoms with E-state index in [0.717, 1.165) is 49.3 Å². The fraction of sp³-hybridized carbons (Fsp3) is 0.476. The molecule has 8 nitrogen and oxygen atoms in total. The molecule has 2 aromatic rings. The number of anilines is 1. The Kier molecular flexibility index (Phi) is 8.06. The van der Waals surface area contributed by atoms with Gasteiger partial charge in [-0.3, -0.25) is 14.5 Å². The number of nitrogens with zero attached hydrogens (tertiary/aromatic N) is 3. The molecule has 0 radical (unpaired) electrons. The van der Waals surface area contributed by atoms with E-state index in [1.165, 1.54) is 12.8 Å². The van der Waals surface area contributed by atoms with Crippen molar-refractivity contribution in [3.05, 3.63) is 48.3 Å². The number of guanidine groups is 1. The topological polar surface area (TPSA) is 92.6 Å². The van der Waals surface area contributed by atoms with Gasteiger partial charge in [-0.2, -0.15) is 5.10 Å². The van der Waals surface area contributed by atoms with Crippen LogP contribution in [0.5, 0.6) is 0 Å². The van der Waals surface area contributed by atoms with Crippen LogP contribution in [0.25, 0.3) is 0 Å². The number of amides is 1. The third kappa shape index (κ3) is 7.95. The summed E-state index contributed by atoms with van der Waals surface area (Å²) in [5.41, 5.74) is 1.81. The summed E-state index contributed by atoms with van der Waals surface area (Å²) in [5.74, 6) is 1.45. The van der Waals surface area contributed by atoms with Gasteiger partial charge in [0.2, 0.25) is 5.91 Å². The number of carbonyl (C=O) groups is 1. The highest BCUT2D eigenvalue weighted by Gasteiger charge is 2.20. The van der Waals surface area contributed by atoms with Crippen LogP contribution in [-0.4, -0.2) is 48.5 Å². The summed E-state index contributed by atoms with van der Waals surface area (Å²) in [7, 11) is 1.75. The Balaban J connectivity index is 1.36. The molecule has 3 N–H and O–H groups in total. The molecule has 0 saturated heterocycles. The van der Waals surface area contributed by atoms with Crippen molar-refractivity contribution in [2.45, 2.75) is 32.4 Å². The van der Waals surface area contributed by atoms with Gasteiger partial charge in [0.15, 0.2) is 5.96 Å². The van der Waals surface area contributed by atoms with E-state index >= 15 is 0 Å². The lowest BCUT2D eigenvalue weighted by Crippen LogP contribution is -2.37. The molecule has 1 aromatic carbocycles. The van der Waals surface area contributed by atoms with Crippen molar-refractivity contribution < 1.29 is 9.53 Å². The van der Waals surface area contributed by atoms with Crippen molar-refractivity contribution in [3.8, 4) is 0 Å². The summed E-state index contributed by atoms with van der Waals surface area (Å²) < 4.78 is 7.23. The molecular formula is C21H30N6O2. The van der Waals surface area contributed by atoms with Gasteiger partial charge in [-0.05, 0) is 48.9 Å². The largest absolute Gasteiger partial charge is 0.381 e. The monoisotopic (exact) mass is 398 g/mol. The fourth-order valence-electron chi connectivity index (χ4n) is 2.82. The van der Waals surface area contributed by atoms with Crippen LogP contribution in [0.15, 0.2) is 47.7 Å². The standard InChI is InChI=1S/C21H30N6O2/c1-22-21(23-9-4-12-29-16-17-7-8-17)24-14-18-5-2-6-19(13-18)26-20(28)15-27-11-3-10-25-27/h2-3,5-6,10-11,13,17H,4,7-9,12,14-16H2,1H3,(H,26,28)(H2,22,23,24). The van der Waals surface area contributed by atoms with E-state index in [2.05, 4.69) is 26.0 Å². The second-order valence-corrected chi connectivity index (χ2v) is 7.18. The molecule has 1 heterocycles. The molecule has 0 unspecified atom stereocenters. The third-order valence-corrected chi connectivity index (χ3v) is 4.57. The highest BCUT2D eigenvalue weighted by Crippen LogP contribution is 2.28. The molecule has 0 bridgehead atoms. The van der Waals surface area contributed by atoms with E-state index in [1.807, 2.05) is 24.3 Å². The average molecular weight is 399 g/mol. The number of hydrogen-bond donors (Lipinski definition) is 3. The smallest absolute Gasteiger partial charge is 0.246 e. The van der Waals surface area contributed by atoms with E-state index in [-0.39, 0.29) is 12.5 Å². The molecule has 0 spiro atoms. The first kappa shape index (κ1) is 20.9. The minimum atomic E-state index is -0.111. The van der Waals surface area contributed by atoms with Gasteiger partial charge in [-0.1, -0.05) is 12.1 Å². The van der Waals surface area contributed by atoms with E-state index in [9.17, 15) is 4.79 Å². The average Bonchev–Trinajstić information content (AvgIpc) is 3.41. The highest BCUT2D eigenvalue weighted by atomic mass is 16.5. The summed E-state index contributed by atoms with van der Waals surface area (Å²) >= 11 is 0. The minimum absolute atomic E-state index is 0.111. The van der Waals surface area contributed by atoms with Gasteiger partial charge < -0.3 is 20.7 Å². The summed E-state index contributed by atoms with van der Waals surface area (Å²) in [4.78, 5) is 16.4. The maximum atomic E-state index is 12.1. The number of benzene rings is 1. The molecule has 3 rings (SSSR count). The molecule has 1 aliphatic rings. The molecule has 1 aromatic heterocycles. The molecule has 0 atom stereocenters. The van der Waals surface area contributed by atoms with Gasteiger partial charge in [0.05, 0.1) is 0 Å². The maximum Gasteiger partial charge on any atom is 0.246 e. The normalized spacial score (nSPS) is 13.9. The lowest BCUT2D eigenvalue weighted by Gasteiger charge is -2.13. The number of nitrogens with one attached hydrogen (secondary N) is 3. The van der Waals surface area contributed by atoms with Crippen molar-refractivity contribution in [1.82, 2.24) is 20.4 Å². The quantitative estimate of drug-likeness (QED) is 0.306. The van der Waals surface area contributed by atoms with Crippen molar-refractivity contribution in [3.63, 3.8) is 0 Å². The summed E-state index contributed by atoms with van der Waals surface area (Å²) in [5, 5.41) is 13.5. The number of rotatable bonds is 11. The van der Waals surface area contributed by atoms with E-state index < -0.39 is 0 Å². The zero-order valence-corrected chi connectivity index (χ0v) is 16.9. The van der Waals surface area contributed by atoms with Crippen LogP contribution >= 0.6 is 0 Å². The third-order valence-electron chi connectivity index (χ3n) is 4.57. The van der Waals surface area contributed by atoms with Gasteiger partial charge in [0.25, 0.3) is 0 Å². The number of carbonyl (C=O) groups excluding carboxylic acids is 1. The van der Waals surface area contributed by atoms with Crippen LogP contribution in [0.1, 0.15) is 24.8 Å². The number of ether oxygens (including phenoxy) is 1. The molecule has 1 fully saturated rings. The van der Waals surface area contributed by atoms with Gasteiger partial charge in [-0.15, -0.1) is 0 Å². The Labute approximate surface area is 171 Å². The summed E-state index contributed by atoms with van der Waals surface area (Å²) in [6.07, 6.45) is 7.01. The molecule has 1 saturated carbocycles. The van der Waals surface area contributed by atoms with Crippen molar-refractivity contribution in [2.24, 2.45) is 10.9 Å². The SMILES string of the molecule is CN=C(NCCCOCC1CC1)NCc1cccc(NC(=O)Cn2cccn2)c1. The first-order valence-corrected chi connectivity index (χ1v) is 10.1. The summed E-state index contributed by atoms with van der Waals surface area (Å²) in [6, 6.07) is 9.55. The second kappa shape index (κ2) is 11.2. The van der Waals surface area contributed by atoms with Gasteiger partial charge in [0.1, 0.15) is 6.54 Å². The molecule has 8 heteroatoms.